The van der Waals surface area contributed by atoms with Crippen molar-refractivity contribution in [1.82, 2.24) is 0 Å². The van der Waals surface area contributed by atoms with Gasteiger partial charge in [-0.25, -0.2) is 4.79 Å². The third kappa shape index (κ3) is 4.06. The Kier molecular flexibility index (Phi) is 5.91. The zero-order valence-corrected chi connectivity index (χ0v) is 17.8. The number of anilines is 1. The largest absolute Gasteiger partial charge is 0.493 e. The first-order valence-corrected chi connectivity index (χ1v) is 9.95. The molecule has 0 atom stereocenters. The lowest BCUT2D eigenvalue weighted by Gasteiger charge is -2.19. The molecule has 3 aromatic rings. The molecule has 0 aromatic heterocycles. The molecule has 4 rings (SSSR count). The molecule has 1 aliphatic rings. The summed E-state index contributed by atoms with van der Waals surface area (Å²) >= 11 is 0. The Balaban J connectivity index is 1.50. The van der Waals surface area contributed by atoms with Gasteiger partial charge < -0.3 is 19.5 Å². The van der Waals surface area contributed by atoms with E-state index in [9.17, 15) is 19.2 Å². The van der Waals surface area contributed by atoms with Crippen LogP contribution in [0, 0.1) is 0 Å². The predicted octanol–water partition coefficient (Wildman–Crippen LogP) is 3.27. The molecule has 1 aliphatic carbocycles. The molecule has 0 saturated heterocycles. The third-order valence-electron chi connectivity index (χ3n) is 5.17. The summed E-state index contributed by atoms with van der Waals surface area (Å²) in [6.45, 7) is -0.588. The average molecular weight is 445 g/mol. The molecule has 8 nitrogen and oxygen atoms in total. The number of ketones is 2. The fourth-order valence-corrected chi connectivity index (χ4v) is 3.64. The van der Waals surface area contributed by atoms with Gasteiger partial charge in [-0.2, -0.15) is 0 Å². The molecular formula is C25H19NO7. The number of amides is 1. The summed E-state index contributed by atoms with van der Waals surface area (Å²) in [5, 5.41) is 2.59. The number of esters is 1. The minimum atomic E-state index is -0.880. The molecule has 0 heterocycles. The second kappa shape index (κ2) is 8.96. The van der Waals surface area contributed by atoms with Crippen molar-refractivity contribution in [3.8, 4) is 11.5 Å². The lowest BCUT2D eigenvalue weighted by Crippen LogP contribution is -2.26. The molecule has 3 aromatic carbocycles. The van der Waals surface area contributed by atoms with Crippen LogP contribution < -0.4 is 14.8 Å². The number of hydrogen-bond donors (Lipinski definition) is 1. The van der Waals surface area contributed by atoms with E-state index in [1.807, 2.05) is 0 Å². The van der Waals surface area contributed by atoms with Crippen molar-refractivity contribution in [3.63, 3.8) is 0 Å². The van der Waals surface area contributed by atoms with Crippen LogP contribution in [-0.4, -0.2) is 44.3 Å². The fourth-order valence-electron chi connectivity index (χ4n) is 3.64. The second-order valence-corrected chi connectivity index (χ2v) is 7.13. The number of rotatable bonds is 6. The maximum Gasteiger partial charge on any atom is 0.339 e. The topological polar surface area (TPSA) is 108 Å². The molecule has 0 spiro atoms. The van der Waals surface area contributed by atoms with Crippen LogP contribution in [0.2, 0.25) is 0 Å². The molecule has 0 bridgehead atoms. The van der Waals surface area contributed by atoms with E-state index in [1.54, 1.807) is 36.4 Å². The van der Waals surface area contributed by atoms with E-state index in [0.29, 0.717) is 17.2 Å². The number of carbonyl (C=O) groups excluding carboxylic acids is 4. The smallest absolute Gasteiger partial charge is 0.339 e. The summed E-state index contributed by atoms with van der Waals surface area (Å²) in [6, 6.07) is 15.6. The van der Waals surface area contributed by atoms with Crippen LogP contribution in [0.5, 0.6) is 11.5 Å². The quantitative estimate of drug-likeness (QED) is 0.454. The van der Waals surface area contributed by atoms with Crippen molar-refractivity contribution in [2.24, 2.45) is 0 Å². The fraction of sp³-hybridized carbons (Fsp3) is 0.120. The highest BCUT2D eigenvalue weighted by Gasteiger charge is 2.33. The SMILES string of the molecule is COc1ccc(NC(=O)COC(=O)c2cccc3c2C(=O)c2ccccc2C3=O)cc1OC. The minimum absolute atomic E-state index is 0.0218. The van der Waals surface area contributed by atoms with Crippen LogP contribution in [0.25, 0.3) is 0 Å². The van der Waals surface area contributed by atoms with Gasteiger partial charge in [0, 0.05) is 34.0 Å². The Labute approximate surface area is 189 Å². The van der Waals surface area contributed by atoms with Crippen molar-refractivity contribution < 1.29 is 33.4 Å². The molecule has 0 saturated carbocycles. The Morgan fingerprint density at radius 1 is 0.788 bits per heavy atom. The monoisotopic (exact) mass is 445 g/mol. The Morgan fingerprint density at radius 2 is 1.45 bits per heavy atom. The van der Waals surface area contributed by atoms with Gasteiger partial charge in [-0.1, -0.05) is 36.4 Å². The lowest BCUT2D eigenvalue weighted by atomic mass is 9.82. The van der Waals surface area contributed by atoms with Gasteiger partial charge in [-0.3, -0.25) is 14.4 Å². The summed E-state index contributed by atoms with van der Waals surface area (Å²) in [6.07, 6.45) is 0. The van der Waals surface area contributed by atoms with Gasteiger partial charge >= 0.3 is 5.97 Å². The van der Waals surface area contributed by atoms with Gasteiger partial charge in [0.1, 0.15) is 0 Å². The van der Waals surface area contributed by atoms with Crippen LogP contribution in [0.4, 0.5) is 5.69 Å². The first-order chi connectivity index (χ1) is 15.9. The maximum atomic E-state index is 13.0. The third-order valence-corrected chi connectivity index (χ3v) is 5.17. The molecule has 1 N–H and O–H groups in total. The number of fused-ring (bicyclic) bond motifs is 2. The predicted molar refractivity (Wildman–Crippen MR) is 118 cm³/mol. The minimum Gasteiger partial charge on any atom is -0.493 e. The van der Waals surface area contributed by atoms with E-state index in [-0.39, 0.29) is 33.6 Å². The van der Waals surface area contributed by atoms with Gasteiger partial charge in [0.05, 0.1) is 19.8 Å². The average Bonchev–Trinajstić information content (AvgIpc) is 2.85. The number of ether oxygens (including phenoxy) is 3. The molecule has 0 fully saturated rings. The van der Waals surface area contributed by atoms with Crippen LogP contribution in [0.3, 0.4) is 0 Å². The van der Waals surface area contributed by atoms with Crippen molar-refractivity contribution in [2.45, 2.75) is 0 Å². The molecular weight excluding hydrogens is 426 g/mol. The van der Waals surface area contributed by atoms with E-state index in [4.69, 9.17) is 14.2 Å². The van der Waals surface area contributed by atoms with Gasteiger partial charge in [0.2, 0.25) is 0 Å². The molecule has 0 unspecified atom stereocenters. The Bertz CT molecular complexity index is 1300. The molecule has 166 valence electrons. The van der Waals surface area contributed by atoms with Gasteiger partial charge in [-0.05, 0) is 18.2 Å². The summed E-state index contributed by atoms with van der Waals surface area (Å²) in [7, 11) is 2.96. The van der Waals surface area contributed by atoms with Crippen LogP contribution in [-0.2, 0) is 9.53 Å². The van der Waals surface area contributed by atoms with E-state index in [0.717, 1.165) is 0 Å². The van der Waals surface area contributed by atoms with Crippen molar-refractivity contribution in [3.05, 3.63) is 88.5 Å². The first-order valence-electron chi connectivity index (χ1n) is 9.95. The van der Waals surface area contributed by atoms with Crippen molar-refractivity contribution in [2.75, 3.05) is 26.1 Å². The summed E-state index contributed by atoms with van der Waals surface area (Å²) < 4.78 is 15.5. The normalized spacial score (nSPS) is 11.8. The molecule has 0 aliphatic heterocycles. The van der Waals surface area contributed by atoms with E-state index in [1.165, 1.54) is 38.5 Å². The molecule has 0 radical (unpaired) electrons. The summed E-state index contributed by atoms with van der Waals surface area (Å²) in [5.74, 6) is -1.34. The zero-order chi connectivity index (χ0) is 23.5. The van der Waals surface area contributed by atoms with Gasteiger partial charge in [0.15, 0.2) is 29.7 Å². The Hall–Kier alpha value is -4.46. The van der Waals surface area contributed by atoms with Crippen LogP contribution in [0.15, 0.2) is 60.7 Å². The molecule has 33 heavy (non-hydrogen) atoms. The van der Waals surface area contributed by atoms with E-state index in [2.05, 4.69) is 5.32 Å². The highest BCUT2D eigenvalue weighted by atomic mass is 16.5. The van der Waals surface area contributed by atoms with E-state index < -0.39 is 24.3 Å². The number of benzene rings is 3. The molecule has 8 heteroatoms. The highest BCUT2D eigenvalue weighted by molar-refractivity contribution is 6.30. The number of carbonyl (C=O) groups is 4. The second-order valence-electron chi connectivity index (χ2n) is 7.13. The van der Waals surface area contributed by atoms with Crippen molar-refractivity contribution >= 4 is 29.1 Å². The first kappa shape index (κ1) is 21.8. The highest BCUT2D eigenvalue weighted by Crippen LogP contribution is 2.31. The molecule has 1 amide bonds. The zero-order valence-electron chi connectivity index (χ0n) is 17.8. The lowest BCUT2D eigenvalue weighted by molar-refractivity contribution is -0.119. The Morgan fingerprint density at radius 3 is 2.15 bits per heavy atom. The number of hydrogen-bond acceptors (Lipinski definition) is 7. The maximum absolute atomic E-state index is 13.0. The summed E-state index contributed by atoms with van der Waals surface area (Å²) in [4.78, 5) is 50.8. The number of methoxy groups -OCH3 is 2. The van der Waals surface area contributed by atoms with Gasteiger partial charge in [-0.15, -0.1) is 0 Å². The van der Waals surface area contributed by atoms with Crippen LogP contribution in [0.1, 0.15) is 42.2 Å². The summed E-state index contributed by atoms with van der Waals surface area (Å²) in [5.41, 5.74) is 0.966. The van der Waals surface area contributed by atoms with Gasteiger partial charge in [0.25, 0.3) is 5.91 Å². The standard InChI is InChI=1S/C25H19NO7/c1-31-19-11-10-14(12-20(19)32-2)26-21(27)13-33-25(30)18-9-5-8-17-22(18)24(29)16-7-4-3-6-15(16)23(17)28/h3-12H,13H2,1-2H3,(H,26,27). The van der Waals surface area contributed by atoms with E-state index >= 15 is 0 Å². The van der Waals surface area contributed by atoms with Crippen molar-refractivity contribution in [1.29, 1.82) is 0 Å². The van der Waals surface area contributed by atoms with Crippen LogP contribution >= 0.6 is 0 Å². The number of nitrogens with one attached hydrogen (secondary N) is 1.